The molecule has 0 spiro atoms. The summed E-state index contributed by atoms with van der Waals surface area (Å²) in [6.07, 6.45) is 0. The topological polar surface area (TPSA) is 58.6 Å². The van der Waals surface area contributed by atoms with E-state index in [0.29, 0.717) is 0 Å². The van der Waals surface area contributed by atoms with Gasteiger partial charge in [0.1, 0.15) is 0 Å². The van der Waals surface area contributed by atoms with Crippen molar-refractivity contribution in [1.29, 1.82) is 0 Å². The normalized spacial score (nSPS) is 12.8. The Kier molecular flexibility index (Phi) is 3.88. The van der Waals surface area contributed by atoms with Crippen molar-refractivity contribution in [2.45, 2.75) is 6.92 Å². The van der Waals surface area contributed by atoms with Crippen molar-refractivity contribution in [1.82, 2.24) is 4.89 Å². The highest BCUT2D eigenvalue weighted by Crippen LogP contribution is 1.73. The molecule has 2 N–H and O–H groups in total. The average Bonchev–Trinajstić information content (AvgIpc) is 1.61. The molecule has 0 aromatic heterocycles. The first-order valence-corrected chi connectivity index (χ1v) is 3.18. The molecule has 0 rings (SSSR count). The lowest BCUT2D eigenvalue weighted by Crippen LogP contribution is -2.18. The highest BCUT2D eigenvalue weighted by molar-refractivity contribution is 7.80. The molecule has 1 atom stereocenters. The lowest BCUT2D eigenvalue weighted by Gasteiger charge is -1.96. The number of hydrogen-bond acceptors (Lipinski definition) is 3. The smallest absolute Gasteiger partial charge is 0.266 e. The highest BCUT2D eigenvalue weighted by atomic mass is 32.2. The lowest BCUT2D eigenvalue weighted by atomic mass is 10.9. The molecule has 0 aliphatic carbocycles. The van der Waals surface area contributed by atoms with Crippen molar-refractivity contribution >= 4 is 28.5 Å². The van der Waals surface area contributed by atoms with Crippen LogP contribution in [0.25, 0.3) is 0 Å². The maximum Gasteiger partial charge on any atom is 0.266 e. The second-order valence-corrected chi connectivity index (χ2v) is 2.17. The van der Waals surface area contributed by atoms with Gasteiger partial charge in [0.05, 0.1) is 0 Å². The van der Waals surface area contributed by atoms with Crippen LogP contribution < -0.4 is 4.89 Å². The third-order valence-corrected chi connectivity index (χ3v) is 0.566. The van der Waals surface area contributed by atoms with Crippen molar-refractivity contribution in [2.24, 2.45) is 0 Å². The van der Waals surface area contributed by atoms with E-state index in [-0.39, 0.29) is 5.05 Å². The average molecular weight is 155 g/mol. The molecule has 0 aliphatic heterocycles. The largest absolute Gasteiger partial charge is 0.387 e. The zero-order valence-corrected chi connectivity index (χ0v) is 5.71. The number of rotatable bonds is 2. The van der Waals surface area contributed by atoms with Crippen LogP contribution in [0.15, 0.2) is 0 Å². The first-order valence-electron chi connectivity index (χ1n) is 1.67. The fraction of sp³-hybridized carbons (Fsp3) is 0.500. The van der Waals surface area contributed by atoms with E-state index in [2.05, 4.69) is 17.1 Å². The summed E-state index contributed by atoms with van der Waals surface area (Å²) < 4.78 is 17.7. The molecular formula is C2H5NO3S2. The molecule has 0 amide bonds. The van der Waals surface area contributed by atoms with Crippen LogP contribution >= 0.6 is 12.2 Å². The maximum atomic E-state index is 9.72. The summed E-state index contributed by atoms with van der Waals surface area (Å²) in [5.41, 5.74) is 0. The zero-order valence-electron chi connectivity index (χ0n) is 4.08. The molecule has 0 fully saturated rings. The van der Waals surface area contributed by atoms with Crippen LogP contribution in [0.4, 0.5) is 0 Å². The molecule has 0 aromatic rings. The summed E-state index contributed by atoms with van der Waals surface area (Å²) in [6, 6.07) is 0. The Morgan fingerprint density at radius 1 is 2.00 bits per heavy atom. The molecule has 0 radical (unpaired) electrons. The van der Waals surface area contributed by atoms with Crippen molar-refractivity contribution in [3.05, 3.63) is 0 Å². The van der Waals surface area contributed by atoms with Gasteiger partial charge in [-0.15, -0.1) is 0 Å². The quantitative estimate of drug-likeness (QED) is 0.334. The van der Waals surface area contributed by atoms with Crippen molar-refractivity contribution in [3.63, 3.8) is 0 Å². The number of nitrogens with one attached hydrogen (secondary N) is 1. The van der Waals surface area contributed by atoms with Crippen LogP contribution in [-0.4, -0.2) is 13.8 Å². The summed E-state index contributed by atoms with van der Waals surface area (Å²) in [4.78, 5) is 5.97. The van der Waals surface area contributed by atoms with E-state index < -0.39 is 11.3 Å². The molecule has 0 saturated heterocycles. The van der Waals surface area contributed by atoms with Gasteiger partial charge in [0.2, 0.25) is 0 Å². The summed E-state index contributed by atoms with van der Waals surface area (Å²) in [5.74, 6) is 0. The van der Waals surface area contributed by atoms with Gasteiger partial charge in [0.15, 0.2) is 5.05 Å². The van der Waals surface area contributed by atoms with Crippen LogP contribution in [0.2, 0.25) is 0 Å². The summed E-state index contributed by atoms with van der Waals surface area (Å²) in [6.45, 7) is 1.48. The number of thiocarbonyl (C=S) groups is 1. The van der Waals surface area contributed by atoms with E-state index >= 15 is 0 Å². The third-order valence-electron chi connectivity index (χ3n) is 0.257. The van der Waals surface area contributed by atoms with Crippen molar-refractivity contribution in [2.75, 3.05) is 0 Å². The van der Waals surface area contributed by atoms with Gasteiger partial charge < -0.3 is 4.84 Å². The second-order valence-electron chi connectivity index (χ2n) is 0.926. The molecule has 1 unspecified atom stereocenters. The highest BCUT2D eigenvalue weighted by Gasteiger charge is 1.89. The van der Waals surface area contributed by atoms with Gasteiger partial charge in [-0.05, 0) is 17.1 Å². The molecular weight excluding hydrogens is 150 g/mol. The molecule has 0 bridgehead atoms. The fourth-order valence-corrected chi connectivity index (χ4v) is 0.385. The summed E-state index contributed by atoms with van der Waals surface area (Å²) in [5, 5.41) is 0.174. The SMILES string of the molecule is CC(=S)ONS(=O)O. The Labute approximate surface area is 54.6 Å². The first kappa shape index (κ1) is 7.96. The van der Waals surface area contributed by atoms with E-state index in [1.54, 1.807) is 4.89 Å². The summed E-state index contributed by atoms with van der Waals surface area (Å²) in [7, 11) is 0. The molecule has 0 aromatic carbocycles. The zero-order chi connectivity index (χ0) is 6.57. The van der Waals surface area contributed by atoms with Gasteiger partial charge in [0, 0.05) is 6.92 Å². The number of hydrogen-bond donors (Lipinski definition) is 2. The van der Waals surface area contributed by atoms with E-state index in [0.717, 1.165) is 0 Å². The third kappa shape index (κ3) is 5.96. The van der Waals surface area contributed by atoms with E-state index in [4.69, 9.17) is 4.55 Å². The van der Waals surface area contributed by atoms with E-state index in [9.17, 15) is 4.21 Å². The van der Waals surface area contributed by atoms with Crippen LogP contribution in [-0.2, 0) is 16.1 Å². The van der Waals surface area contributed by atoms with Gasteiger partial charge >= 0.3 is 0 Å². The Morgan fingerprint density at radius 2 is 2.50 bits per heavy atom. The minimum Gasteiger partial charge on any atom is -0.387 e. The molecule has 8 heavy (non-hydrogen) atoms. The van der Waals surface area contributed by atoms with Gasteiger partial charge in [-0.25, -0.2) is 4.21 Å². The van der Waals surface area contributed by atoms with E-state index in [1.807, 2.05) is 0 Å². The standard InChI is InChI=1S/C2H5NO3S2/c1-2(7)6-3-8(4)5/h3H,1H3,(H,4,5). The maximum absolute atomic E-state index is 9.72. The van der Waals surface area contributed by atoms with Crippen LogP contribution in [0, 0.1) is 0 Å². The van der Waals surface area contributed by atoms with Crippen molar-refractivity contribution < 1.29 is 13.6 Å². The fourth-order valence-electron chi connectivity index (χ4n) is 0.0943. The predicted molar refractivity (Wildman–Crippen MR) is 33.3 cm³/mol. The van der Waals surface area contributed by atoms with E-state index in [1.165, 1.54) is 6.92 Å². The molecule has 0 saturated carbocycles. The summed E-state index contributed by atoms with van der Waals surface area (Å²) >= 11 is 2.24. The van der Waals surface area contributed by atoms with Gasteiger partial charge in [-0.3, -0.25) is 4.55 Å². The van der Waals surface area contributed by atoms with Gasteiger partial charge in [0.25, 0.3) is 11.3 Å². The van der Waals surface area contributed by atoms with Crippen LogP contribution in [0.1, 0.15) is 6.92 Å². The molecule has 4 nitrogen and oxygen atoms in total. The Bertz CT molecular complexity index is 99.9. The molecule has 6 heteroatoms. The first-order chi connectivity index (χ1) is 3.63. The minimum atomic E-state index is -2.15. The second kappa shape index (κ2) is 3.90. The van der Waals surface area contributed by atoms with Gasteiger partial charge in [-0.1, -0.05) is 0 Å². The Hall–Kier alpha value is -0.0400. The minimum absolute atomic E-state index is 0.174. The predicted octanol–water partition coefficient (Wildman–Crippen LogP) is -0.00840. The van der Waals surface area contributed by atoms with Crippen LogP contribution in [0.5, 0.6) is 0 Å². The van der Waals surface area contributed by atoms with Crippen LogP contribution in [0.3, 0.4) is 0 Å². The van der Waals surface area contributed by atoms with Crippen molar-refractivity contribution in [3.8, 4) is 0 Å². The Balaban J connectivity index is 3.18. The van der Waals surface area contributed by atoms with Gasteiger partial charge in [-0.2, -0.15) is 0 Å². The molecule has 48 valence electrons. The lowest BCUT2D eigenvalue weighted by molar-refractivity contribution is 0.257. The molecule has 0 aliphatic rings. The monoisotopic (exact) mass is 155 g/mol. The molecule has 0 heterocycles. The Morgan fingerprint density at radius 3 is 2.62 bits per heavy atom.